The molecule has 0 radical (unpaired) electrons. The van der Waals surface area contributed by atoms with Crippen molar-refractivity contribution in [3.8, 4) is 56.4 Å². The van der Waals surface area contributed by atoms with Crippen LogP contribution in [0.25, 0.3) is 100 Å². The molecule has 3 aromatic heterocycles. The Labute approximate surface area is 350 Å². The van der Waals surface area contributed by atoms with Crippen LogP contribution in [-0.4, -0.2) is 27.2 Å². The molecule has 8 aromatic carbocycles. The fourth-order valence-corrected chi connectivity index (χ4v) is 9.98. The van der Waals surface area contributed by atoms with E-state index in [1.165, 1.54) is 60.1 Å². The van der Waals surface area contributed by atoms with E-state index in [-0.39, 0.29) is 0 Å². The lowest BCUT2D eigenvalue weighted by atomic mass is 10.0. The highest BCUT2D eigenvalue weighted by Crippen LogP contribution is 2.38. The van der Waals surface area contributed by atoms with Gasteiger partial charge in [0.1, 0.15) is 0 Å². The number of nitrogens with zero attached hydrogens (tertiary/aromatic N) is 4. The van der Waals surface area contributed by atoms with Gasteiger partial charge in [-0.15, -0.1) is 0 Å². The summed E-state index contributed by atoms with van der Waals surface area (Å²) in [5, 5.41) is 6.44. The third-order valence-corrected chi connectivity index (χ3v) is 14.0. The lowest BCUT2D eigenvalue weighted by Crippen LogP contribution is -2.37. The van der Waals surface area contributed by atoms with Crippen LogP contribution in [0.5, 0.6) is 0 Å². The molecule has 0 spiro atoms. The summed E-state index contributed by atoms with van der Waals surface area (Å²) >= 11 is 0. The van der Waals surface area contributed by atoms with Gasteiger partial charge in [-0.05, 0) is 77.9 Å². The van der Waals surface area contributed by atoms with Crippen molar-refractivity contribution in [3.63, 3.8) is 0 Å². The van der Waals surface area contributed by atoms with E-state index in [1.807, 2.05) is 12.1 Å². The van der Waals surface area contributed by atoms with Crippen LogP contribution < -0.4 is 5.19 Å². The molecule has 0 atom stereocenters. The lowest BCUT2D eigenvalue weighted by Gasteiger charge is -2.17. The van der Waals surface area contributed by atoms with Crippen LogP contribution in [0.15, 0.2) is 200 Å². The third kappa shape index (κ3) is 6.14. The molecule has 0 saturated heterocycles. The van der Waals surface area contributed by atoms with Gasteiger partial charge >= 0.3 is 0 Å². The monoisotopic (exact) mass is 786 g/mol. The van der Waals surface area contributed by atoms with Crippen LogP contribution in [0.3, 0.4) is 0 Å². The first-order valence-electron chi connectivity index (χ1n) is 20.7. The van der Waals surface area contributed by atoms with Crippen molar-refractivity contribution in [3.05, 3.63) is 200 Å². The number of fused-ring (bicyclic) bond motifs is 6. The average molecular weight is 787 g/mol. The van der Waals surface area contributed by atoms with E-state index in [1.54, 1.807) is 0 Å². The number of rotatable bonds is 7. The molecule has 4 nitrogen and oxygen atoms in total. The molecule has 0 fully saturated rings. The summed E-state index contributed by atoms with van der Waals surface area (Å²) in [6, 6.07) is 72.1. The van der Waals surface area contributed by atoms with Crippen LogP contribution in [0.1, 0.15) is 0 Å². The van der Waals surface area contributed by atoms with Crippen LogP contribution in [0.4, 0.5) is 0 Å². The normalized spacial score (nSPS) is 11.9. The van der Waals surface area contributed by atoms with Crippen molar-refractivity contribution < 1.29 is 0 Å². The van der Waals surface area contributed by atoms with Gasteiger partial charge < -0.3 is 9.13 Å². The van der Waals surface area contributed by atoms with Crippen LogP contribution in [-0.2, 0) is 0 Å². The van der Waals surface area contributed by atoms with Gasteiger partial charge in [0.25, 0.3) is 0 Å². The van der Waals surface area contributed by atoms with E-state index in [9.17, 15) is 0 Å². The number of hydrogen-bond donors (Lipinski definition) is 0. The predicted molar refractivity (Wildman–Crippen MR) is 255 cm³/mol. The summed E-state index contributed by atoms with van der Waals surface area (Å²) < 4.78 is 4.82. The Morgan fingerprint density at radius 2 is 0.733 bits per heavy atom. The van der Waals surface area contributed by atoms with Gasteiger partial charge in [0.15, 0.2) is 5.82 Å². The van der Waals surface area contributed by atoms with Crippen molar-refractivity contribution in [1.29, 1.82) is 0 Å². The molecular formula is C55H42N4Si. The molecular weight excluding hydrogens is 745 g/mol. The molecule has 0 saturated carbocycles. The van der Waals surface area contributed by atoms with E-state index in [2.05, 4.69) is 217 Å². The molecule has 11 rings (SSSR count). The minimum absolute atomic E-state index is 0.700. The third-order valence-electron chi connectivity index (χ3n) is 11.9. The highest BCUT2D eigenvalue weighted by atomic mass is 28.3. The number of para-hydroxylation sites is 2. The van der Waals surface area contributed by atoms with E-state index in [0.717, 1.165) is 39.3 Å². The van der Waals surface area contributed by atoms with Crippen molar-refractivity contribution >= 4 is 56.9 Å². The van der Waals surface area contributed by atoms with Crippen LogP contribution in [0.2, 0.25) is 19.6 Å². The fraction of sp³-hybridized carbons (Fsp3) is 0.0545. The van der Waals surface area contributed by atoms with E-state index < -0.39 is 8.07 Å². The smallest absolute Gasteiger partial charge is 0.160 e. The zero-order chi connectivity index (χ0) is 40.4. The average Bonchev–Trinajstić information content (AvgIpc) is 3.81. The van der Waals surface area contributed by atoms with Gasteiger partial charge in [0.05, 0.1) is 41.5 Å². The van der Waals surface area contributed by atoms with Gasteiger partial charge in [-0.1, -0.05) is 158 Å². The van der Waals surface area contributed by atoms with Gasteiger partial charge in [0, 0.05) is 49.6 Å². The molecule has 0 aliphatic carbocycles. The molecule has 0 unspecified atom stereocenters. The minimum atomic E-state index is -1.43. The number of aromatic nitrogens is 4. The number of hydrogen-bond acceptors (Lipinski definition) is 2. The second-order valence-corrected chi connectivity index (χ2v) is 21.8. The quantitative estimate of drug-likeness (QED) is 0.151. The first-order chi connectivity index (χ1) is 29.4. The van der Waals surface area contributed by atoms with Crippen molar-refractivity contribution in [1.82, 2.24) is 19.1 Å². The summed E-state index contributed by atoms with van der Waals surface area (Å²) in [6.07, 6.45) is 0. The Morgan fingerprint density at radius 1 is 0.333 bits per heavy atom. The molecule has 0 aliphatic heterocycles. The Balaban J connectivity index is 1.03. The molecule has 0 N–H and O–H groups in total. The van der Waals surface area contributed by atoms with Crippen LogP contribution in [0, 0.1) is 0 Å². The summed E-state index contributed by atoms with van der Waals surface area (Å²) in [7, 11) is -1.43. The molecule has 0 amide bonds. The lowest BCUT2D eigenvalue weighted by molar-refractivity contribution is 1.16. The summed E-state index contributed by atoms with van der Waals surface area (Å²) in [5.74, 6) is 0.700. The first-order valence-corrected chi connectivity index (χ1v) is 24.2. The maximum Gasteiger partial charge on any atom is 0.160 e. The second-order valence-electron chi connectivity index (χ2n) is 16.7. The second kappa shape index (κ2) is 14.2. The van der Waals surface area contributed by atoms with Gasteiger partial charge in [-0.2, -0.15) is 0 Å². The van der Waals surface area contributed by atoms with E-state index in [0.29, 0.717) is 5.82 Å². The predicted octanol–water partition coefficient (Wildman–Crippen LogP) is 13.9. The SMILES string of the molecule is C[Si](C)(C)c1ccc(-n2c3ccccc3c3ccc(-c4ccc5c6ccccc6n(-c6ccc(-c7nc(-c8ccccc8)cc(-c8ccccc8)n7)cc6)c5c4)cc32)cc1. The summed E-state index contributed by atoms with van der Waals surface area (Å²) in [5.41, 5.74) is 14.3. The summed E-state index contributed by atoms with van der Waals surface area (Å²) in [6.45, 7) is 7.22. The summed E-state index contributed by atoms with van der Waals surface area (Å²) in [4.78, 5) is 10.2. The Morgan fingerprint density at radius 3 is 1.20 bits per heavy atom. The Kier molecular flexibility index (Phi) is 8.46. The Hall–Kier alpha value is -7.34. The van der Waals surface area contributed by atoms with E-state index in [4.69, 9.17) is 9.97 Å². The standard InChI is InChI=1S/C55H42N4Si/c1-60(2,3)44-30-28-43(29-31-44)59-52-21-13-11-19-46(52)48-33-25-41(35-54(48)59)40-24-32-47-45-18-10-12-20-51(45)58(53(47)34-40)42-26-22-39(23-27-42)55-56-49(37-14-6-4-7-15-37)36-50(57-55)38-16-8-5-9-17-38/h4-36H,1-3H3. The molecule has 0 bridgehead atoms. The van der Waals surface area contributed by atoms with Gasteiger partial charge in [0.2, 0.25) is 0 Å². The molecule has 60 heavy (non-hydrogen) atoms. The van der Waals surface area contributed by atoms with Crippen LogP contribution >= 0.6 is 0 Å². The first kappa shape index (κ1) is 35.8. The molecule has 0 aliphatic rings. The van der Waals surface area contributed by atoms with Gasteiger partial charge in [-0.3, -0.25) is 0 Å². The molecule has 3 heterocycles. The molecule has 286 valence electrons. The van der Waals surface area contributed by atoms with Crippen molar-refractivity contribution in [2.75, 3.05) is 0 Å². The highest BCUT2D eigenvalue weighted by Gasteiger charge is 2.19. The van der Waals surface area contributed by atoms with Crippen molar-refractivity contribution in [2.45, 2.75) is 19.6 Å². The topological polar surface area (TPSA) is 35.6 Å². The highest BCUT2D eigenvalue weighted by molar-refractivity contribution is 6.88. The zero-order valence-corrected chi connectivity index (χ0v) is 34.8. The fourth-order valence-electron chi connectivity index (χ4n) is 8.82. The zero-order valence-electron chi connectivity index (χ0n) is 33.8. The van der Waals surface area contributed by atoms with Gasteiger partial charge in [-0.25, -0.2) is 9.97 Å². The number of benzene rings is 8. The molecule has 5 heteroatoms. The van der Waals surface area contributed by atoms with E-state index >= 15 is 0 Å². The minimum Gasteiger partial charge on any atom is -0.309 e. The Bertz CT molecular complexity index is 3320. The van der Waals surface area contributed by atoms with Crippen molar-refractivity contribution in [2.24, 2.45) is 0 Å². The largest absolute Gasteiger partial charge is 0.309 e. The maximum atomic E-state index is 5.09. The molecule has 11 aromatic rings. The maximum absolute atomic E-state index is 5.09.